The summed E-state index contributed by atoms with van der Waals surface area (Å²) in [6, 6.07) is 1.78. The Balaban J connectivity index is 1.58. The fourth-order valence-electron chi connectivity index (χ4n) is 2.21. The number of hydrogen-bond donors (Lipinski definition) is 1. The highest BCUT2D eigenvalue weighted by atomic mass is 16.2. The Hall–Kier alpha value is -2.44. The molecule has 104 valence electrons. The van der Waals surface area contributed by atoms with Crippen LogP contribution in [0.1, 0.15) is 12.8 Å². The zero-order valence-corrected chi connectivity index (χ0v) is 11.1. The Bertz CT molecular complexity index is 559. The van der Waals surface area contributed by atoms with Gasteiger partial charge in [-0.1, -0.05) is 0 Å². The van der Waals surface area contributed by atoms with Crippen molar-refractivity contribution >= 4 is 17.5 Å². The highest BCUT2D eigenvalue weighted by Gasteiger charge is 2.14. The number of nitrogens with zero attached hydrogens (tertiary/aromatic N) is 5. The zero-order valence-electron chi connectivity index (χ0n) is 11.1. The zero-order chi connectivity index (χ0) is 13.8. The van der Waals surface area contributed by atoms with Gasteiger partial charge in [0.05, 0.1) is 18.1 Å². The summed E-state index contributed by atoms with van der Waals surface area (Å²) in [5.74, 6) is 0.582. The van der Waals surface area contributed by atoms with Crippen molar-refractivity contribution in [2.75, 3.05) is 23.3 Å². The first kappa shape index (κ1) is 12.6. The Morgan fingerprint density at radius 2 is 2.00 bits per heavy atom. The molecule has 1 aliphatic heterocycles. The van der Waals surface area contributed by atoms with E-state index in [1.807, 2.05) is 0 Å². The first-order valence-corrected chi connectivity index (χ1v) is 6.65. The molecular formula is C13H16N6O. The normalized spacial score (nSPS) is 14.5. The van der Waals surface area contributed by atoms with Gasteiger partial charge in [-0.05, 0) is 18.9 Å². The maximum Gasteiger partial charge on any atom is 0.246 e. The third-order valence-electron chi connectivity index (χ3n) is 3.18. The fourth-order valence-corrected chi connectivity index (χ4v) is 2.21. The van der Waals surface area contributed by atoms with Gasteiger partial charge in [-0.15, -0.1) is 0 Å². The van der Waals surface area contributed by atoms with Gasteiger partial charge in [0.1, 0.15) is 6.54 Å². The Morgan fingerprint density at radius 3 is 2.65 bits per heavy atom. The van der Waals surface area contributed by atoms with Crippen molar-refractivity contribution in [3.05, 3.63) is 30.9 Å². The number of carbonyl (C=O) groups is 1. The third-order valence-corrected chi connectivity index (χ3v) is 3.18. The van der Waals surface area contributed by atoms with Crippen LogP contribution in [0.15, 0.2) is 30.9 Å². The average Bonchev–Trinajstić information content (AvgIpc) is 3.12. The van der Waals surface area contributed by atoms with Crippen molar-refractivity contribution in [2.45, 2.75) is 19.4 Å². The molecule has 0 aromatic carbocycles. The standard InChI is InChI=1S/C13H16N6O/c20-12(10-19-7-3-4-16-19)17-11-8-14-13(15-9-11)18-5-1-2-6-18/h3-4,7-9H,1-2,5-6,10H2,(H,17,20). The van der Waals surface area contributed by atoms with Crippen molar-refractivity contribution in [3.8, 4) is 0 Å². The summed E-state index contributed by atoms with van der Waals surface area (Å²) in [7, 11) is 0. The molecule has 7 nitrogen and oxygen atoms in total. The molecule has 0 atom stereocenters. The van der Waals surface area contributed by atoms with Crippen LogP contribution in [0.4, 0.5) is 11.6 Å². The molecule has 0 radical (unpaired) electrons. The van der Waals surface area contributed by atoms with Crippen LogP contribution in [-0.4, -0.2) is 38.7 Å². The lowest BCUT2D eigenvalue weighted by Gasteiger charge is -2.14. The summed E-state index contributed by atoms with van der Waals surface area (Å²) in [6.45, 7) is 2.19. The van der Waals surface area contributed by atoms with Gasteiger partial charge < -0.3 is 10.2 Å². The second-order valence-corrected chi connectivity index (χ2v) is 4.72. The van der Waals surface area contributed by atoms with Crippen LogP contribution in [0.3, 0.4) is 0 Å². The van der Waals surface area contributed by atoms with E-state index in [2.05, 4.69) is 25.3 Å². The topological polar surface area (TPSA) is 75.9 Å². The molecule has 3 heterocycles. The number of rotatable bonds is 4. The maximum absolute atomic E-state index is 11.8. The summed E-state index contributed by atoms with van der Waals surface area (Å²) in [4.78, 5) is 22.5. The molecule has 1 fully saturated rings. The lowest BCUT2D eigenvalue weighted by molar-refractivity contribution is -0.116. The molecular weight excluding hydrogens is 256 g/mol. The van der Waals surface area contributed by atoms with Crippen molar-refractivity contribution < 1.29 is 4.79 Å². The molecule has 20 heavy (non-hydrogen) atoms. The van der Waals surface area contributed by atoms with E-state index >= 15 is 0 Å². The first-order chi connectivity index (χ1) is 9.81. The monoisotopic (exact) mass is 272 g/mol. The summed E-state index contributed by atoms with van der Waals surface area (Å²) in [5.41, 5.74) is 0.602. The van der Waals surface area contributed by atoms with Crippen LogP contribution in [0.5, 0.6) is 0 Å². The smallest absolute Gasteiger partial charge is 0.246 e. The fraction of sp³-hybridized carbons (Fsp3) is 0.385. The molecule has 1 amide bonds. The van der Waals surface area contributed by atoms with Gasteiger partial charge in [0.2, 0.25) is 11.9 Å². The second-order valence-electron chi connectivity index (χ2n) is 4.72. The van der Waals surface area contributed by atoms with Crippen LogP contribution in [-0.2, 0) is 11.3 Å². The Morgan fingerprint density at radius 1 is 1.25 bits per heavy atom. The molecule has 0 bridgehead atoms. The van der Waals surface area contributed by atoms with Gasteiger partial charge in [-0.25, -0.2) is 9.97 Å². The molecule has 0 saturated carbocycles. The Kier molecular flexibility index (Phi) is 3.58. The van der Waals surface area contributed by atoms with Crippen molar-refractivity contribution in [1.82, 2.24) is 19.7 Å². The summed E-state index contributed by atoms with van der Waals surface area (Å²) in [6.07, 6.45) is 9.04. The number of hydrogen-bond acceptors (Lipinski definition) is 5. The minimum Gasteiger partial charge on any atom is -0.341 e. The minimum absolute atomic E-state index is 0.147. The predicted octanol–water partition coefficient (Wildman–Crippen LogP) is 0.912. The lowest BCUT2D eigenvalue weighted by atomic mass is 10.4. The molecule has 7 heteroatoms. The molecule has 2 aromatic heterocycles. The lowest BCUT2D eigenvalue weighted by Crippen LogP contribution is -2.21. The van der Waals surface area contributed by atoms with Gasteiger partial charge in [-0.2, -0.15) is 5.10 Å². The van der Waals surface area contributed by atoms with E-state index in [4.69, 9.17) is 0 Å². The van der Waals surface area contributed by atoms with E-state index in [0.29, 0.717) is 5.69 Å². The number of aromatic nitrogens is 4. The summed E-state index contributed by atoms with van der Waals surface area (Å²) >= 11 is 0. The Labute approximate surface area is 116 Å². The number of carbonyl (C=O) groups excluding carboxylic acids is 1. The van der Waals surface area contributed by atoms with E-state index in [1.54, 1.807) is 35.5 Å². The molecule has 3 rings (SSSR count). The van der Waals surface area contributed by atoms with Crippen LogP contribution < -0.4 is 10.2 Å². The summed E-state index contributed by atoms with van der Waals surface area (Å²) < 4.78 is 1.56. The van der Waals surface area contributed by atoms with E-state index < -0.39 is 0 Å². The van der Waals surface area contributed by atoms with Gasteiger partial charge >= 0.3 is 0 Å². The molecule has 0 aliphatic carbocycles. The quantitative estimate of drug-likeness (QED) is 0.895. The molecule has 1 aliphatic rings. The number of anilines is 2. The molecule has 1 N–H and O–H groups in total. The number of nitrogens with one attached hydrogen (secondary N) is 1. The minimum atomic E-state index is -0.147. The summed E-state index contributed by atoms with van der Waals surface area (Å²) in [5, 5.41) is 6.74. The van der Waals surface area contributed by atoms with E-state index in [9.17, 15) is 4.79 Å². The van der Waals surface area contributed by atoms with Crippen molar-refractivity contribution in [1.29, 1.82) is 0 Å². The van der Waals surface area contributed by atoms with Crippen LogP contribution in [0.25, 0.3) is 0 Å². The molecule has 0 spiro atoms. The third kappa shape index (κ3) is 2.93. The van der Waals surface area contributed by atoms with Crippen LogP contribution >= 0.6 is 0 Å². The SMILES string of the molecule is O=C(Cn1cccn1)Nc1cnc(N2CCCC2)nc1. The first-order valence-electron chi connectivity index (χ1n) is 6.65. The van der Waals surface area contributed by atoms with Gasteiger partial charge in [-0.3, -0.25) is 9.48 Å². The largest absolute Gasteiger partial charge is 0.341 e. The van der Waals surface area contributed by atoms with Crippen LogP contribution in [0, 0.1) is 0 Å². The van der Waals surface area contributed by atoms with Gasteiger partial charge in [0, 0.05) is 25.5 Å². The maximum atomic E-state index is 11.8. The second kappa shape index (κ2) is 5.68. The number of amides is 1. The van der Waals surface area contributed by atoms with Gasteiger partial charge in [0.25, 0.3) is 0 Å². The van der Waals surface area contributed by atoms with Crippen LogP contribution in [0.2, 0.25) is 0 Å². The van der Waals surface area contributed by atoms with E-state index in [-0.39, 0.29) is 12.5 Å². The molecule has 2 aromatic rings. The average molecular weight is 272 g/mol. The highest BCUT2D eigenvalue weighted by Crippen LogP contribution is 2.16. The molecule has 1 saturated heterocycles. The van der Waals surface area contributed by atoms with Crippen molar-refractivity contribution in [2.24, 2.45) is 0 Å². The molecule has 0 unspecified atom stereocenters. The van der Waals surface area contributed by atoms with E-state index in [0.717, 1.165) is 19.0 Å². The van der Waals surface area contributed by atoms with Crippen molar-refractivity contribution in [3.63, 3.8) is 0 Å². The van der Waals surface area contributed by atoms with E-state index in [1.165, 1.54) is 12.8 Å². The van der Waals surface area contributed by atoms with Gasteiger partial charge in [0.15, 0.2) is 0 Å². The highest BCUT2D eigenvalue weighted by molar-refractivity contribution is 5.90. The predicted molar refractivity (Wildman–Crippen MR) is 74.3 cm³/mol.